The summed E-state index contributed by atoms with van der Waals surface area (Å²) < 4.78 is 22.7. The average molecular weight is 321 g/mol. The van der Waals surface area contributed by atoms with Crippen molar-refractivity contribution >= 4 is 27.1 Å². The van der Waals surface area contributed by atoms with Gasteiger partial charge in [-0.3, -0.25) is 0 Å². The van der Waals surface area contributed by atoms with Crippen molar-refractivity contribution in [3.8, 4) is 6.07 Å². The molecule has 0 atom stereocenters. The highest BCUT2D eigenvalue weighted by Crippen LogP contribution is 2.21. The van der Waals surface area contributed by atoms with Crippen LogP contribution in [0.3, 0.4) is 0 Å². The van der Waals surface area contributed by atoms with E-state index in [0.29, 0.717) is 22.0 Å². The van der Waals surface area contributed by atoms with Gasteiger partial charge in [0.25, 0.3) is 0 Å². The number of nitrogens with zero attached hydrogens (tertiary/aromatic N) is 1. The van der Waals surface area contributed by atoms with Gasteiger partial charge in [-0.05, 0) is 35.9 Å². The lowest BCUT2D eigenvalue weighted by Crippen LogP contribution is -2.01. The van der Waals surface area contributed by atoms with Crippen LogP contribution < -0.4 is 5.32 Å². The molecule has 21 heavy (non-hydrogen) atoms. The Morgan fingerprint density at radius 2 is 1.86 bits per heavy atom. The highest BCUT2D eigenvalue weighted by molar-refractivity contribution is 7.90. The number of sulfone groups is 1. The van der Waals surface area contributed by atoms with E-state index >= 15 is 0 Å². The maximum Gasteiger partial charge on any atom is 0.175 e. The third-order valence-electron chi connectivity index (χ3n) is 2.94. The van der Waals surface area contributed by atoms with Crippen molar-refractivity contribution in [3.05, 3.63) is 58.6 Å². The normalized spacial score (nSPS) is 10.9. The molecule has 2 aromatic rings. The predicted octanol–water partition coefficient (Wildman–Crippen LogP) is 3.23. The second kappa shape index (κ2) is 6.17. The van der Waals surface area contributed by atoms with Gasteiger partial charge in [-0.25, -0.2) is 8.42 Å². The van der Waals surface area contributed by atoms with Crippen molar-refractivity contribution in [3.63, 3.8) is 0 Å². The van der Waals surface area contributed by atoms with Crippen molar-refractivity contribution < 1.29 is 8.42 Å². The van der Waals surface area contributed by atoms with Gasteiger partial charge < -0.3 is 5.32 Å². The van der Waals surface area contributed by atoms with E-state index in [9.17, 15) is 8.42 Å². The molecule has 108 valence electrons. The van der Waals surface area contributed by atoms with E-state index in [1.165, 1.54) is 6.26 Å². The molecule has 0 spiro atoms. The molecule has 0 amide bonds. The van der Waals surface area contributed by atoms with Crippen molar-refractivity contribution in [2.45, 2.75) is 11.4 Å². The van der Waals surface area contributed by atoms with Gasteiger partial charge in [0.1, 0.15) is 6.07 Å². The molecule has 0 radical (unpaired) electrons. The Bertz CT molecular complexity index is 793. The Morgan fingerprint density at radius 3 is 2.38 bits per heavy atom. The minimum atomic E-state index is -3.17. The Hall–Kier alpha value is -2.03. The summed E-state index contributed by atoms with van der Waals surface area (Å²) in [5, 5.41) is 12.4. The molecule has 4 nitrogen and oxygen atoms in total. The van der Waals surface area contributed by atoms with Crippen LogP contribution in [0.15, 0.2) is 47.4 Å². The van der Waals surface area contributed by atoms with Crippen LogP contribution in [0.1, 0.15) is 11.1 Å². The van der Waals surface area contributed by atoms with E-state index in [2.05, 4.69) is 5.32 Å². The molecular weight excluding hydrogens is 308 g/mol. The van der Waals surface area contributed by atoms with Gasteiger partial charge in [0, 0.05) is 18.5 Å². The summed E-state index contributed by atoms with van der Waals surface area (Å²) in [5.74, 6) is 0. The molecule has 2 aromatic carbocycles. The molecule has 2 rings (SSSR count). The van der Waals surface area contributed by atoms with Crippen LogP contribution in [0, 0.1) is 11.3 Å². The fourth-order valence-corrected chi connectivity index (χ4v) is 2.63. The average Bonchev–Trinajstić information content (AvgIpc) is 2.45. The molecule has 0 aliphatic rings. The van der Waals surface area contributed by atoms with E-state index in [4.69, 9.17) is 16.9 Å². The van der Waals surface area contributed by atoms with Gasteiger partial charge in [-0.15, -0.1) is 0 Å². The van der Waals surface area contributed by atoms with Gasteiger partial charge in [0.15, 0.2) is 9.84 Å². The molecule has 0 unspecified atom stereocenters. The third-order valence-corrected chi connectivity index (χ3v) is 4.38. The van der Waals surface area contributed by atoms with Crippen molar-refractivity contribution in [2.75, 3.05) is 11.6 Å². The summed E-state index contributed by atoms with van der Waals surface area (Å²) in [6, 6.07) is 13.8. The Labute approximate surface area is 128 Å². The van der Waals surface area contributed by atoms with Crippen LogP contribution in [0.25, 0.3) is 0 Å². The zero-order valence-electron chi connectivity index (χ0n) is 11.3. The fourth-order valence-electron chi connectivity index (χ4n) is 1.77. The molecule has 0 bridgehead atoms. The summed E-state index contributed by atoms with van der Waals surface area (Å²) in [4.78, 5) is 0.299. The highest BCUT2D eigenvalue weighted by Gasteiger charge is 2.06. The molecule has 1 N–H and O–H groups in total. The van der Waals surface area contributed by atoms with E-state index in [1.54, 1.807) is 42.5 Å². The Balaban J connectivity index is 2.07. The van der Waals surface area contributed by atoms with Crippen LogP contribution in [0.5, 0.6) is 0 Å². The molecule has 0 saturated heterocycles. The maximum absolute atomic E-state index is 11.4. The SMILES string of the molecule is CS(=O)(=O)c1ccc(CNc2ccc(C#N)c(Cl)c2)cc1. The number of benzene rings is 2. The smallest absolute Gasteiger partial charge is 0.175 e. The highest BCUT2D eigenvalue weighted by atomic mass is 35.5. The molecule has 0 saturated carbocycles. The van der Waals surface area contributed by atoms with Crippen LogP contribution in [0.2, 0.25) is 5.02 Å². The lowest BCUT2D eigenvalue weighted by Gasteiger charge is -2.08. The first kappa shape index (κ1) is 15.4. The zero-order valence-corrected chi connectivity index (χ0v) is 12.9. The lowest BCUT2D eigenvalue weighted by atomic mass is 10.2. The fraction of sp³-hybridized carbons (Fsp3) is 0.133. The summed E-state index contributed by atoms with van der Waals surface area (Å²) in [6.07, 6.45) is 1.18. The zero-order chi connectivity index (χ0) is 15.5. The minimum absolute atomic E-state index is 0.299. The van der Waals surface area contributed by atoms with E-state index in [0.717, 1.165) is 11.3 Å². The van der Waals surface area contributed by atoms with Crippen molar-refractivity contribution in [2.24, 2.45) is 0 Å². The summed E-state index contributed by atoms with van der Waals surface area (Å²) in [7, 11) is -3.17. The largest absolute Gasteiger partial charge is 0.381 e. The second-order valence-corrected chi connectivity index (χ2v) is 7.00. The summed E-state index contributed by atoms with van der Waals surface area (Å²) in [6.45, 7) is 0.534. The first-order chi connectivity index (χ1) is 9.90. The van der Waals surface area contributed by atoms with Gasteiger partial charge >= 0.3 is 0 Å². The number of nitrogens with one attached hydrogen (secondary N) is 1. The Morgan fingerprint density at radius 1 is 1.19 bits per heavy atom. The number of halogens is 1. The van der Waals surface area contributed by atoms with Crippen LogP contribution in [0.4, 0.5) is 5.69 Å². The summed E-state index contributed by atoms with van der Waals surface area (Å²) in [5.41, 5.74) is 2.17. The Kier molecular flexibility index (Phi) is 4.51. The quantitative estimate of drug-likeness (QED) is 0.939. The van der Waals surface area contributed by atoms with Gasteiger partial charge in [-0.1, -0.05) is 23.7 Å². The molecule has 0 aliphatic heterocycles. The molecule has 6 heteroatoms. The van der Waals surface area contributed by atoms with Crippen LogP contribution in [-0.2, 0) is 16.4 Å². The number of hydrogen-bond donors (Lipinski definition) is 1. The second-order valence-electron chi connectivity index (χ2n) is 4.58. The van der Waals surface area contributed by atoms with E-state index in [-0.39, 0.29) is 0 Å². The lowest BCUT2D eigenvalue weighted by molar-refractivity contribution is 0.602. The molecular formula is C15H13ClN2O2S. The van der Waals surface area contributed by atoms with Crippen LogP contribution in [-0.4, -0.2) is 14.7 Å². The van der Waals surface area contributed by atoms with Gasteiger partial charge in [-0.2, -0.15) is 5.26 Å². The van der Waals surface area contributed by atoms with Gasteiger partial charge in [0.2, 0.25) is 0 Å². The maximum atomic E-state index is 11.4. The predicted molar refractivity (Wildman–Crippen MR) is 83.0 cm³/mol. The third kappa shape index (κ3) is 3.97. The molecule has 0 fully saturated rings. The van der Waals surface area contributed by atoms with Crippen LogP contribution >= 0.6 is 11.6 Å². The monoisotopic (exact) mass is 320 g/mol. The molecule has 0 aliphatic carbocycles. The first-order valence-corrected chi connectivity index (χ1v) is 8.39. The number of rotatable bonds is 4. The first-order valence-electron chi connectivity index (χ1n) is 6.12. The van der Waals surface area contributed by atoms with Crippen molar-refractivity contribution in [1.29, 1.82) is 5.26 Å². The van der Waals surface area contributed by atoms with E-state index in [1.807, 2.05) is 6.07 Å². The van der Waals surface area contributed by atoms with Gasteiger partial charge in [0.05, 0.1) is 15.5 Å². The topological polar surface area (TPSA) is 70.0 Å². The number of hydrogen-bond acceptors (Lipinski definition) is 4. The molecule has 0 heterocycles. The summed E-state index contributed by atoms with van der Waals surface area (Å²) >= 11 is 5.95. The number of nitriles is 1. The minimum Gasteiger partial charge on any atom is -0.381 e. The van der Waals surface area contributed by atoms with E-state index < -0.39 is 9.84 Å². The number of anilines is 1. The molecule has 0 aromatic heterocycles. The van der Waals surface area contributed by atoms with Crippen molar-refractivity contribution in [1.82, 2.24) is 0 Å². The standard InChI is InChI=1S/C15H13ClN2O2S/c1-21(19,20)14-6-2-11(3-7-14)10-18-13-5-4-12(9-17)15(16)8-13/h2-8,18H,10H2,1H3.